The second-order valence-electron chi connectivity index (χ2n) is 6.72. The van der Waals surface area contributed by atoms with Crippen molar-refractivity contribution in [1.82, 2.24) is 0 Å². The van der Waals surface area contributed by atoms with Gasteiger partial charge in [-0.1, -0.05) is 51.3 Å². The maximum atomic E-state index is 11.3. The summed E-state index contributed by atoms with van der Waals surface area (Å²) in [6.07, 6.45) is 0. The summed E-state index contributed by atoms with van der Waals surface area (Å²) in [5.41, 5.74) is 3.31. The highest BCUT2D eigenvalue weighted by Gasteiger charge is 2.14. The predicted octanol–water partition coefficient (Wildman–Crippen LogP) is 6.96. The fourth-order valence-corrected chi connectivity index (χ4v) is 4.02. The SMILES string of the molecule is COc1cc(CNc2cccc(C(=O)O)c2C)c(Br)cc1OCc1c(Cl)cccc1Cl. The Bertz CT molecular complexity index is 1100. The number of anilines is 1. The van der Waals surface area contributed by atoms with Gasteiger partial charge in [0.2, 0.25) is 0 Å². The molecule has 0 aliphatic heterocycles. The minimum Gasteiger partial charge on any atom is -0.493 e. The summed E-state index contributed by atoms with van der Waals surface area (Å²) < 4.78 is 12.2. The maximum absolute atomic E-state index is 11.3. The zero-order chi connectivity index (χ0) is 22.5. The van der Waals surface area contributed by atoms with Crippen LogP contribution in [0, 0.1) is 6.92 Å². The van der Waals surface area contributed by atoms with Crippen molar-refractivity contribution in [1.29, 1.82) is 0 Å². The van der Waals surface area contributed by atoms with Gasteiger partial charge in [-0.05, 0) is 54.4 Å². The highest BCUT2D eigenvalue weighted by Crippen LogP contribution is 2.36. The van der Waals surface area contributed by atoms with E-state index in [9.17, 15) is 9.90 Å². The highest BCUT2D eigenvalue weighted by atomic mass is 79.9. The third kappa shape index (κ3) is 5.45. The largest absolute Gasteiger partial charge is 0.493 e. The van der Waals surface area contributed by atoms with Gasteiger partial charge in [0.15, 0.2) is 11.5 Å². The molecule has 0 unspecified atom stereocenters. The smallest absolute Gasteiger partial charge is 0.336 e. The summed E-state index contributed by atoms with van der Waals surface area (Å²) in [4.78, 5) is 11.3. The first-order valence-corrected chi connectivity index (χ1v) is 10.9. The number of methoxy groups -OCH3 is 1. The molecule has 162 valence electrons. The molecule has 3 rings (SSSR count). The number of aromatic carboxylic acids is 1. The predicted molar refractivity (Wildman–Crippen MR) is 127 cm³/mol. The molecule has 0 radical (unpaired) electrons. The normalized spacial score (nSPS) is 10.6. The van der Waals surface area contributed by atoms with Crippen molar-refractivity contribution in [2.45, 2.75) is 20.1 Å². The molecule has 0 fully saturated rings. The van der Waals surface area contributed by atoms with Crippen LogP contribution in [0.1, 0.15) is 27.0 Å². The standard InChI is InChI=1S/C23H20BrCl2NO4/c1-13-15(23(28)29)5-3-8-20(13)27-11-14-9-21(30-2)22(10-17(14)24)31-12-16-18(25)6-4-7-19(16)26/h3-10,27H,11-12H2,1-2H3,(H,28,29). The van der Waals surface area contributed by atoms with Crippen molar-refractivity contribution >= 4 is 50.8 Å². The molecule has 2 N–H and O–H groups in total. The number of carboxylic acid groups (broad SMARTS) is 1. The van der Waals surface area contributed by atoms with Crippen molar-refractivity contribution in [2.24, 2.45) is 0 Å². The fourth-order valence-electron chi connectivity index (χ4n) is 3.05. The lowest BCUT2D eigenvalue weighted by Gasteiger charge is -2.16. The maximum Gasteiger partial charge on any atom is 0.336 e. The molecule has 0 heterocycles. The number of rotatable bonds is 8. The highest BCUT2D eigenvalue weighted by molar-refractivity contribution is 9.10. The van der Waals surface area contributed by atoms with Crippen LogP contribution in [-0.4, -0.2) is 18.2 Å². The Morgan fingerprint density at radius 2 is 1.77 bits per heavy atom. The third-order valence-electron chi connectivity index (χ3n) is 4.80. The molecule has 0 spiro atoms. The van der Waals surface area contributed by atoms with Crippen LogP contribution in [0.4, 0.5) is 5.69 Å². The fraction of sp³-hybridized carbons (Fsp3) is 0.174. The summed E-state index contributed by atoms with van der Waals surface area (Å²) >= 11 is 16.0. The summed E-state index contributed by atoms with van der Waals surface area (Å²) in [5, 5.41) is 13.7. The molecular formula is C23H20BrCl2NO4. The third-order valence-corrected chi connectivity index (χ3v) is 6.25. The molecule has 0 atom stereocenters. The van der Waals surface area contributed by atoms with Gasteiger partial charge in [-0.15, -0.1) is 0 Å². The Balaban J connectivity index is 1.78. The zero-order valence-electron chi connectivity index (χ0n) is 16.8. The first-order chi connectivity index (χ1) is 14.8. The molecule has 0 aliphatic rings. The number of hydrogen-bond acceptors (Lipinski definition) is 4. The van der Waals surface area contributed by atoms with Crippen LogP contribution < -0.4 is 14.8 Å². The summed E-state index contributed by atoms with van der Waals surface area (Å²) in [7, 11) is 1.57. The van der Waals surface area contributed by atoms with E-state index in [0.717, 1.165) is 15.7 Å². The minimum absolute atomic E-state index is 0.195. The number of benzene rings is 3. The average molecular weight is 525 g/mol. The van der Waals surface area contributed by atoms with E-state index >= 15 is 0 Å². The Labute approximate surface area is 199 Å². The van der Waals surface area contributed by atoms with E-state index in [2.05, 4.69) is 21.2 Å². The van der Waals surface area contributed by atoms with Crippen molar-refractivity contribution in [3.05, 3.63) is 85.3 Å². The van der Waals surface area contributed by atoms with Gasteiger partial charge < -0.3 is 19.9 Å². The van der Waals surface area contributed by atoms with Gasteiger partial charge in [-0.25, -0.2) is 4.79 Å². The van der Waals surface area contributed by atoms with Crippen LogP contribution in [0.3, 0.4) is 0 Å². The molecule has 8 heteroatoms. The number of hydrogen-bond donors (Lipinski definition) is 2. The number of carbonyl (C=O) groups is 1. The van der Waals surface area contributed by atoms with Gasteiger partial charge in [0.1, 0.15) is 6.61 Å². The van der Waals surface area contributed by atoms with Crippen LogP contribution in [0.5, 0.6) is 11.5 Å². The van der Waals surface area contributed by atoms with E-state index in [0.29, 0.717) is 39.2 Å². The molecular weight excluding hydrogens is 505 g/mol. The molecule has 31 heavy (non-hydrogen) atoms. The lowest BCUT2D eigenvalue weighted by Crippen LogP contribution is -2.07. The van der Waals surface area contributed by atoms with Crippen LogP contribution >= 0.6 is 39.1 Å². The minimum atomic E-state index is -0.955. The molecule has 0 aliphatic carbocycles. The number of carboxylic acids is 1. The van der Waals surface area contributed by atoms with Crippen LogP contribution in [-0.2, 0) is 13.2 Å². The van der Waals surface area contributed by atoms with Gasteiger partial charge >= 0.3 is 5.97 Å². The zero-order valence-corrected chi connectivity index (χ0v) is 19.9. The van der Waals surface area contributed by atoms with Crippen LogP contribution in [0.2, 0.25) is 10.0 Å². The first-order valence-electron chi connectivity index (χ1n) is 9.30. The molecule has 5 nitrogen and oxygen atoms in total. The molecule has 0 aromatic heterocycles. The average Bonchev–Trinajstić information content (AvgIpc) is 2.73. The molecule has 0 saturated heterocycles. The van der Waals surface area contributed by atoms with Crippen molar-refractivity contribution in [2.75, 3.05) is 12.4 Å². The summed E-state index contributed by atoms with van der Waals surface area (Å²) in [6.45, 7) is 2.43. The Hall–Kier alpha value is -2.41. The van der Waals surface area contributed by atoms with E-state index in [1.165, 1.54) is 0 Å². The molecule has 0 amide bonds. The van der Waals surface area contributed by atoms with E-state index in [-0.39, 0.29) is 12.2 Å². The van der Waals surface area contributed by atoms with Crippen molar-refractivity contribution < 1.29 is 19.4 Å². The molecule has 0 saturated carbocycles. The van der Waals surface area contributed by atoms with Gasteiger partial charge in [0, 0.05) is 32.3 Å². The van der Waals surface area contributed by atoms with E-state index in [1.807, 2.05) is 18.2 Å². The van der Waals surface area contributed by atoms with E-state index in [4.69, 9.17) is 32.7 Å². The number of nitrogens with one attached hydrogen (secondary N) is 1. The molecule has 0 bridgehead atoms. The van der Waals surface area contributed by atoms with Gasteiger partial charge in [0.25, 0.3) is 0 Å². The van der Waals surface area contributed by atoms with E-state index in [1.54, 1.807) is 44.4 Å². The Kier molecular flexibility index (Phi) is 7.70. The lowest BCUT2D eigenvalue weighted by molar-refractivity contribution is 0.0696. The van der Waals surface area contributed by atoms with Crippen LogP contribution in [0.15, 0.2) is 53.0 Å². The second-order valence-corrected chi connectivity index (χ2v) is 8.39. The number of halogens is 3. The van der Waals surface area contributed by atoms with Gasteiger partial charge in [-0.3, -0.25) is 0 Å². The first kappa shape index (κ1) is 23.3. The summed E-state index contributed by atoms with van der Waals surface area (Å²) in [5.74, 6) is 0.140. The Morgan fingerprint density at radius 3 is 2.42 bits per heavy atom. The van der Waals surface area contributed by atoms with Gasteiger partial charge in [-0.2, -0.15) is 0 Å². The Morgan fingerprint density at radius 1 is 1.10 bits per heavy atom. The second kappa shape index (κ2) is 10.3. The van der Waals surface area contributed by atoms with Gasteiger partial charge in [0.05, 0.1) is 12.7 Å². The quantitative estimate of drug-likeness (QED) is 0.333. The molecule has 3 aromatic rings. The number of ether oxygens (including phenoxy) is 2. The van der Waals surface area contributed by atoms with E-state index < -0.39 is 5.97 Å². The van der Waals surface area contributed by atoms with Crippen molar-refractivity contribution in [3.63, 3.8) is 0 Å². The topological polar surface area (TPSA) is 67.8 Å². The monoisotopic (exact) mass is 523 g/mol. The van der Waals surface area contributed by atoms with Crippen molar-refractivity contribution in [3.8, 4) is 11.5 Å². The lowest BCUT2D eigenvalue weighted by atomic mass is 10.1. The van der Waals surface area contributed by atoms with Crippen LogP contribution in [0.25, 0.3) is 0 Å². The summed E-state index contributed by atoms with van der Waals surface area (Å²) in [6, 6.07) is 14.1. The molecule has 3 aromatic carbocycles.